The second-order valence-corrected chi connectivity index (χ2v) is 12.4. The second-order valence-electron chi connectivity index (χ2n) is 11.3. The molecule has 0 unspecified atom stereocenters. The maximum Gasteiger partial charge on any atom is 0.0991 e. The lowest BCUT2D eigenvalue weighted by molar-refractivity contribution is 0.316. The highest BCUT2D eigenvalue weighted by Gasteiger charge is 2.13. The van der Waals surface area contributed by atoms with Gasteiger partial charge in [0.25, 0.3) is 0 Å². The van der Waals surface area contributed by atoms with Crippen molar-refractivity contribution in [3.8, 4) is 27.0 Å². The molecule has 4 aromatic rings. The first kappa shape index (κ1) is 29.0. The first-order valence-electron chi connectivity index (χ1n) is 15.3. The predicted molar refractivity (Wildman–Crippen MR) is 173 cm³/mol. The predicted octanol–water partition coefficient (Wildman–Crippen LogP) is 9.11. The summed E-state index contributed by atoms with van der Waals surface area (Å²) in [6, 6.07) is 25.6. The molecule has 2 aromatic carbocycles. The minimum absolute atomic E-state index is 0.699. The number of nitrogens with zero attached hydrogens (tertiary/aromatic N) is 3. The summed E-state index contributed by atoms with van der Waals surface area (Å²) in [4.78, 5) is 9.53. The van der Waals surface area contributed by atoms with Crippen molar-refractivity contribution in [2.45, 2.75) is 70.8 Å². The number of thiophene rings is 1. The summed E-state index contributed by atoms with van der Waals surface area (Å²) >= 11 is 1.80. The van der Waals surface area contributed by atoms with Gasteiger partial charge in [0.2, 0.25) is 0 Å². The van der Waals surface area contributed by atoms with Crippen LogP contribution < -0.4 is 5.32 Å². The van der Waals surface area contributed by atoms with Crippen LogP contribution in [0.1, 0.15) is 73.8 Å². The number of unbranched alkanes of at least 4 members (excludes halogenated alkanes) is 5. The fourth-order valence-electron chi connectivity index (χ4n) is 5.75. The van der Waals surface area contributed by atoms with E-state index in [4.69, 9.17) is 5.26 Å². The van der Waals surface area contributed by atoms with E-state index in [2.05, 4.69) is 70.8 Å². The molecule has 5 rings (SSSR count). The maximum atomic E-state index is 9.03. The van der Waals surface area contributed by atoms with E-state index in [-0.39, 0.29) is 0 Å². The topological polar surface area (TPSA) is 52.0 Å². The third kappa shape index (κ3) is 8.28. The Labute approximate surface area is 250 Å². The van der Waals surface area contributed by atoms with Crippen molar-refractivity contribution in [1.82, 2.24) is 9.88 Å². The van der Waals surface area contributed by atoms with Gasteiger partial charge in [-0.15, -0.1) is 11.3 Å². The fraction of sp³-hybridized carbons (Fsp3) is 0.389. The number of benzene rings is 2. The van der Waals surface area contributed by atoms with Crippen LogP contribution in [0.3, 0.4) is 0 Å². The van der Waals surface area contributed by atoms with Crippen molar-refractivity contribution < 1.29 is 0 Å². The molecule has 2 aromatic heterocycles. The van der Waals surface area contributed by atoms with E-state index in [0.717, 1.165) is 31.6 Å². The highest BCUT2D eigenvalue weighted by atomic mass is 32.1. The molecule has 0 fully saturated rings. The number of rotatable bonds is 14. The first-order valence-corrected chi connectivity index (χ1v) is 16.1. The maximum absolute atomic E-state index is 9.03. The van der Waals surface area contributed by atoms with Crippen molar-refractivity contribution in [2.75, 3.05) is 25.5 Å². The van der Waals surface area contributed by atoms with E-state index >= 15 is 0 Å². The van der Waals surface area contributed by atoms with Gasteiger partial charge in [-0.05, 0) is 105 Å². The number of fused-ring (bicyclic) bond motifs is 1. The molecule has 5 heteroatoms. The lowest BCUT2D eigenvalue weighted by Crippen LogP contribution is -2.19. The SMILES string of the molecule is CN(CCCCCCCCNc1ccnc2c1CCCC2)Cc1ccc(-c2ccc(-c3ccc(C#N)cc3)s2)cc1. The lowest BCUT2D eigenvalue weighted by atomic mass is 9.95. The Morgan fingerprint density at radius 2 is 1.46 bits per heavy atom. The number of pyridine rings is 1. The third-order valence-corrected chi connectivity index (χ3v) is 9.30. The Hall–Kier alpha value is -3.46. The van der Waals surface area contributed by atoms with Crippen LogP contribution in [0.5, 0.6) is 0 Å². The van der Waals surface area contributed by atoms with Crippen LogP contribution in [0.4, 0.5) is 5.69 Å². The molecule has 0 bridgehead atoms. The average molecular weight is 563 g/mol. The molecule has 0 atom stereocenters. The number of aryl methyl sites for hydroxylation is 1. The van der Waals surface area contributed by atoms with E-state index in [1.54, 1.807) is 11.3 Å². The van der Waals surface area contributed by atoms with Crippen LogP contribution in [0.25, 0.3) is 20.9 Å². The number of nitriles is 1. The summed E-state index contributed by atoms with van der Waals surface area (Å²) in [5, 5.41) is 12.7. The Morgan fingerprint density at radius 3 is 2.20 bits per heavy atom. The number of aromatic nitrogens is 1. The van der Waals surface area contributed by atoms with Crippen LogP contribution in [0, 0.1) is 11.3 Å². The van der Waals surface area contributed by atoms with Crippen LogP contribution in [-0.2, 0) is 19.4 Å². The van der Waals surface area contributed by atoms with Gasteiger partial charge in [0.05, 0.1) is 11.6 Å². The van der Waals surface area contributed by atoms with E-state index in [1.165, 1.54) is 95.6 Å². The molecule has 0 aliphatic heterocycles. The van der Waals surface area contributed by atoms with Gasteiger partial charge in [0, 0.05) is 40.4 Å². The Morgan fingerprint density at radius 1 is 0.805 bits per heavy atom. The zero-order valence-electron chi connectivity index (χ0n) is 24.4. The zero-order chi connectivity index (χ0) is 28.3. The van der Waals surface area contributed by atoms with Gasteiger partial charge in [0.15, 0.2) is 0 Å². The second kappa shape index (κ2) is 15.0. The monoisotopic (exact) mass is 562 g/mol. The van der Waals surface area contributed by atoms with Crippen molar-refractivity contribution in [1.29, 1.82) is 5.26 Å². The van der Waals surface area contributed by atoms with Gasteiger partial charge >= 0.3 is 0 Å². The minimum atomic E-state index is 0.699. The fourth-order valence-corrected chi connectivity index (χ4v) is 6.77. The van der Waals surface area contributed by atoms with Gasteiger partial charge in [-0.2, -0.15) is 5.26 Å². The van der Waals surface area contributed by atoms with Gasteiger partial charge < -0.3 is 10.2 Å². The van der Waals surface area contributed by atoms with E-state index < -0.39 is 0 Å². The summed E-state index contributed by atoms with van der Waals surface area (Å²) in [7, 11) is 2.24. The molecule has 0 saturated heterocycles. The summed E-state index contributed by atoms with van der Waals surface area (Å²) in [6.07, 6.45) is 14.7. The van der Waals surface area contributed by atoms with Gasteiger partial charge in [0.1, 0.15) is 0 Å². The van der Waals surface area contributed by atoms with Gasteiger partial charge in [-0.3, -0.25) is 4.98 Å². The number of nitrogens with one attached hydrogen (secondary N) is 1. The van der Waals surface area contributed by atoms with E-state index in [1.807, 2.05) is 30.5 Å². The Bertz CT molecular complexity index is 1420. The van der Waals surface area contributed by atoms with Crippen LogP contribution in [0.15, 0.2) is 72.9 Å². The Kier molecular flexibility index (Phi) is 10.6. The molecule has 0 amide bonds. The van der Waals surface area contributed by atoms with Crippen molar-refractivity contribution in [3.63, 3.8) is 0 Å². The molecular formula is C36H42N4S. The smallest absolute Gasteiger partial charge is 0.0991 e. The quantitative estimate of drug-likeness (QED) is 0.156. The largest absolute Gasteiger partial charge is 0.385 e. The van der Waals surface area contributed by atoms with E-state index in [9.17, 15) is 0 Å². The van der Waals surface area contributed by atoms with Gasteiger partial charge in [-0.1, -0.05) is 62.1 Å². The average Bonchev–Trinajstić information content (AvgIpc) is 3.51. The first-order chi connectivity index (χ1) is 20.2. The molecule has 1 N–H and O–H groups in total. The molecule has 1 aliphatic carbocycles. The van der Waals surface area contributed by atoms with Gasteiger partial charge in [-0.25, -0.2) is 0 Å². The van der Waals surface area contributed by atoms with Crippen molar-refractivity contribution in [2.24, 2.45) is 0 Å². The summed E-state index contributed by atoms with van der Waals surface area (Å²) in [6.45, 7) is 3.21. The molecule has 41 heavy (non-hydrogen) atoms. The number of hydrogen-bond donors (Lipinski definition) is 1. The third-order valence-electron chi connectivity index (χ3n) is 8.11. The summed E-state index contributed by atoms with van der Waals surface area (Å²) in [5.74, 6) is 0. The van der Waals surface area contributed by atoms with Crippen molar-refractivity contribution in [3.05, 3.63) is 95.3 Å². The standard InChI is InChI=1S/C36H42N4S/c1-40(25-9-5-3-2-4-8-23-38-34-22-24-39-33-11-7-6-10-32(33)34)27-29-14-18-31(19-15-29)36-21-20-35(41-36)30-16-12-28(26-37)13-17-30/h12-22,24H,2-11,23,25,27H2,1H3,(H,38,39). The highest BCUT2D eigenvalue weighted by molar-refractivity contribution is 7.18. The highest BCUT2D eigenvalue weighted by Crippen LogP contribution is 2.34. The summed E-state index contributed by atoms with van der Waals surface area (Å²) in [5.41, 5.74) is 8.60. The number of hydrogen-bond acceptors (Lipinski definition) is 5. The minimum Gasteiger partial charge on any atom is -0.385 e. The molecule has 2 heterocycles. The normalized spacial score (nSPS) is 12.7. The molecular weight excluding hydrogens is 520 g/mol. The molecule has 0 saturated carbocycles. The Balaban J connectivity index is 0.951. The van der Waals surface area contributed by atoms with Crippen LogP contribution in [-0.4, -0.2) is 30.0 Å². The van der Waals surface area contributed by atoms with Crippen LogP contribution in [0.2, 0.25) is 0 Å². The van der Waals surface area contributed by atoms with Crippen LogP contribution >= 0.6 is 11.3 Å². The molecule has 212 valence electrons. The molecule has 0 spiro atoms. The van der Waals surface area contributed by atoms with E-state index in [0.29, 0.717) is 5.56 Å². The lowest BCUT2D eigenvalue weighted by Gasteiger charge is -2.19. The summed E-state index contributed by atoms with van der Waals surface area (Å²) < 4.78 is 0. The van der Waals surface area contributed by atoms with Crippen molar-refractivity contribution >= 4 is 17.0 Å². The molecule has 1 aliphatic rings. The zero-order valence-corrected chi connectivity index (χ0v) is 25.2. The molecule has 4 nitrogen and oxygen atoms in total. The molecule has 0 radical (unpaired) electrons. The number of anilines is 1.